The second-order valence-electron chi connectivity index (χ2n) is 4.76. The Labute approximate surface area is 130 Å². The average Bonchev–Trinajstić information content (AvgIpc) is 2.54. The van der Waals surface area contributed by atoms with Gasteiger partial charge in [-0.05, 0) is 17.7 Å². The zero-order chi connectivity index (χ0) is 14.9. The normalized spacial score (nSPS) is 16.0. The molecule has 116 valence electrons. The van der Waals surface area contributed by atoms with Crippen LogP contribution in [0.4, 0.5) is 0 Å². The van der Waals surface area contributed by atoms with Crippen LogP contribution in [0.15, 0.2) is 29.3 Å². The van der Waals surface area contributed by atoms with Crippen LogP contribution >= 0.6 is 11.8 Å². The van der Waals surface area contributed by atoms with E-state index in [-0.39, 0.29) is 0 Å². The van der Waals surface area contributed by atoms with Crippen molar-refractivity contribution in [3.05, 3.63) is 29.8 Å². The van der Waals surface area contributed by atoms with Gasteiger partial charge in [0, 0.05) is 31.7 Å². The van der Waals surface area contributed by atoms with E-state index in [0.29, 0.717) is 25.7 Å². The molecule has 1 aromatic rings. The lowest BCUT2D eigenvalue weighted by molar-refractivity contribution is 0.146. The Kier molecular flexibility index (Phi) is 6.69. The van der Waals surface area contributed by atoms with Crippen molar-refractivity contribution in [2.45, 2.75) is 6.54 Å². The summed E-state index contributed by atoms with van der Waals surface area (Å²) >= 11 is 1.96. The van der Waals surface area contributed by atoms with Crippen LogP contribution in [-0.2, 0) is 11.3 Å². The summed E-state index contributed by atoms with van der Waals surface area (Å²) in [5, 5.41) is 0. The number of hydrogen-bond acceptors (Lipinski definition) is 4. The molecule has 0 spiro atoms. The molecule has 1 aliphatic heterocycles. The van der Waals surface area contributed by atoms with Crippen LogP contribution in [0.1, 0.15) is 5.56 Å². The molecule has 5 nitrogen and oxygen atoms in total. The lowest BCUT2D eigenvalue weighted by atomic mass is 10.2. The third-order valence-corrected chi connectivity index (χ3v) is 4.16. The molecule has 0 aromatic heterocycles. The summed E-state index contributed by atoms with van der Waals surface area (Å²) in [5.41, 5.74) is 7.15. The summed E-state index contributed by atoms with van der Waals surface area (Å²) in [7, 11) is 1.66. The van der Waals surface area contributed by atoms with Gasteiger partial charge in [0.15, 0.2) is 5.96 Å². The zero-order valence-electron chi connectivity index (χ0n) is 12.5. The van der Waals surface area contributed by atoms with Gasteiger partial charge < -0.3 is 20.1 Å². The monoisotopic (exact) mass is 309 g/mol. The topological polar surface area (TPSA) is 60.1 Å². The van der Waals surface area contributed by atoms with Gasteiger partial charge in [0.1, 0.15) is 12.4 Å². The minimum absolute atomic E-state index is 0.552. The first-order valence-corrected chi connectivity index (χ1v) is 8.28. The fourth-order valence-electron chi connectivity index (χ4n) is 2.04. The number of thioether (sulfide) groups is 1. The summed E-state index contributed by atoms with van der Waals surface area (Å²) in [6.45, 7) is 3.69. The number of rotatable bonds is 6. The molecular weight excluding hydrogens is 286 g/mol. The Morgan fingerprint density at radius 1 is 1.33 bits per heavy atom. The Balaban J connectivity index is 1.88. The third-order valence-electron chi connectivity index (χ3n) is 3.21. The van der Waals surface area contributed by atoms with Gasteiger partial charge in [0.25, 0.3) is 0 Å². The van der Waals surface area contributed by atoms with E-state index >= 15 is 0 Å². The smallest absolute Gasteiger partial charge is 0.191 e. The van der Waals surface area contributed by atoms with Crippen molar-refractivity contribution in [3.63, 3.8) is 0 Å². The van der Waals surface area contributed by atoms with E-state index in [1.807, 2.05) is 36.0 Å². The van der Waals surface area contributed by atoms with Crippen molar-refractivity contribution < 1.29 is 9.47 Å². The minimum atomic E-state index is 0.552. The van der Waals surface area contributed by atoms with Crippen LogP contribution in [0.2, 0.25) is 0 Å². The maximum absolute atomic E-state index is 6.05. The van der Waals surface area contributed by atoms with Crippen molar-refractivity contribution >= 4 is 17.7 Å². The van der Waals surface area contributed by atoms with Gasteiger partial charge in [0.05, 0.1) is 13.2 Å². The highest BCUT2D eigenvalue weighted by Gasteiger charge is 2.11. The number of nitrogens with zero attached hydrogens (tertiary/aromatic N) is 2. The number of nitrogens with two attached hydrogens (primary N) is 1. The molecule has 21 heavy (non-hydrogen) atoms. The van der Waals surface area contributed by atoms with Crippen molar-refractivity contribution in [1.29, 1.82) is 0 Å². The first-order chi connectivity index (χ1) is 10.3. The molecule has 0 atom stereocenters. The quantitative estimate of drug-likeness (QED) is 0.491. The number of guanidine groups is 1. The standard InChI is InChI=1S/C15H23N3O2S/c1-19-7-8-20-14-4-2-3-13(11-14)12-17-15(16)18-5-9-21-10-6-18/h2-4,11H,5-10,12H2,1H3,(H2,16,17). The maximum Gasteiger partial charge on any atom is 0.191 e. The van der Waals surface area contributed by atoms with Gasteiger partial charge in [-0.15, -0.1) is 0 Å². The number of ether oxygens (including phenoxy) is 2. The SMILES string of the molecule is COCCOc1cccc(CN=C(N)N2CCSCC2)c1. The Hall–Kier alpha value is -1.40. The molecule has 1 fully saturated rings. The Bertz CT molecular complexity index is 462. The van der Waals surface area contributed by atoms with Crippen molar-refractivity contribution in [2.24, 2.45) is 10.7 Å². The summed E-state index contributed by atoms with van der Waals surface area (Å²) in [4.78, 5) is 6.63. The second-order valence-corrected chi connectivity index (χ2v) is 5.99. The van der Waals surface area contributed by atoms with Gasteiger partial charge in [-0.2, -0.15) is 11.8 Å². The van der Waals surface area contributed by atoms with E-state index in [4.69, 9.17) is 15.2 Å². The first kappa shape index (κ1) is 16.0. The molecule has 2 rings (SSSR count). The predicted octanol–water partition coefficient (Wildman–Crippen LogP) is 1.58. The van der Waals surface area contributed by atoms with Crippen LogP contribution in [-0.4, -0.2) is 55.8 Å². The van der Waals surface area contributed by atoms with E-state index in [0.717, 1.165) is 35.9 Å². The molecule has 1 aromatic carbocycles. The van der Waals surface area contributed by atoms with Crippen LogP contribution in [0.5, 0.6) is 5.75 Å². The predicted molar refractivity (Wildman–Crippen MR) is 88.0 cm³/mol. The summed E-state index contributed by atoms with van der Waals surface area (Å²) in [6.07, 6.45) is 0. The van der Waals surface area contributed by atoms with Crippen molar-refractivity contribution in [1.82, 2.24) is 4.90 Å². The maximum atomic E-state index is 6.05. The summed E-state index contributed by atoms with van der Waals surface area (Å²) < 4.78 is 10.6. The van der Waals surface area contributed by atoms with E-state index in [1.165, 1.54) is 0 Å². The van der Waals surface area contributed by atoms with Gasteiger partial charge >= 0.3 is 0 Å². The van der Waals surface area contributed by atoms with Crippen molar-refractivity contribution in [2.75, 3.05) is 44.9 Å². The second kappa shape index (κ2) is 8.79. The Morgan fingerprint density at radius 2 is 2.14 bits per heavy atom. The molecule has 0 unspecified atom stereocenters. The van der Waals surface area contributed by atoms with Crippen LogP contribution in [0.25, 0.3) is 0 Å². The van der Waals surface area contributed by atoms with Crippen LogP contribution < -0.4 is 10.5 Å². The molecule has 6 heteroatoms. The number of benzene rings is 1. The van der Waals surface area contributed by atoms with Gasteiger partial charge in [-0.3, -0.25) is 0 Å². The molecule has 2 N–H and O–H groups in total. The van der Waals surface area contributed by atoms with Gasteiger partial charge in [-0.1, -0.05) is 12.1 Å². The highest BCUT2D eigenvalue weighted by molar-refractivity contribution is 7.99. The molecule has 0 saturated carbocycles. The molecule has 1 heterocycles. The summed E-state index contributed by atoms with van der Waals surface area (Å²) in [5.74, 6) is 3.73. The zero-order valence-corrected chi connectivity index (χ0v) is 13.3. The van der Waals surface area contributed by atoms with Gasteiger partial charge in [-0.25, -0.2) is 4.99 Å². The molecule has 0 radical (unpaired) electrons. The molecule has 0 amide bonds. The third kappa shape index (κ3) is 5.47. The number of hydrogen-bond donors (Lipinski definition) is 1. The molecule has 1 saturated heterocycles. The van der Waals surface area contributed by atoms with E-state index in [2.05, 4.69) is 9.89 Å². The average molecular weight is 309 g/mol. The lowest BCUT2D eigenvalue weighted by Gasteiger charge is -2.27. The largest absolute Gasteiger partial charge is 0.491 e. The molecule has 0 bridgehead atoms. The fraction of sp³-hybridized carbons (Fsp3) is 0.533. The molecule has 0 aliphatic carbocycles. The number of methoxy groups -OCH3 is 1. The van der Waals surface area contributed by atoms with Crippen LogP contribution in [0.3, 0.4) is 0 Å². The van der Waals surface area contributed by atoms with E-state index in [9.17, 15) is 0 Å². The number of aliphatic imine (C=N–C) groups is 1. The minimum Gasteiger partial charge on any atom is -0.491 e. The van der Waals surface area contributed by atoms with Gasteiger partial charge in [0.2, 0.25) is 0 Å². The van der Waals surface area contributed by atoms with Crippen molar-refractivity contribution in [3.8, 4) is 5.75 Å². The summed E-state index contributed by atoms with van der Waals surface area (Å²) in [6, 6.07) is 7.94. The Morgan fingerprint density at radius 3 is 2.90 bits per heavy atom. The first-order valence-electron chi connectivity index (χ1n) is 7.13. The molecular formula is C15H23N3O2S. The fourth-order valence-corrected chi connectivity index (χ4v) is 2.94. The lowest BCUT2D eigenvalue weighted by Crippen LogP contribution is -2.42. The van der Waals surface area contributed by atoms with E-state index in [1.54, 1.807) is 7.11 Å². The molecule has 1 aliphatic rings. The highest BCUT2D eigenvalue weighted by Crippen LogP contribution is 2.14. The van der Waals surface area contributed by atoms with E-state index < -0.39 is 0 Å². The highest BCUT2D eigenvalue weighted by atomic mass is 32.2. The van der Waals surface area contributed by atoms with Crippen LogP contribution in [0, 0.1) is 0 Å².